The Balaban J connectivity index is 2.82. The maximum atomic E-state index is 11.3. The summed E-state index contributed by atoms with van der Waals surface area (Å²) in [6.07, 6.45) is 2.06. The molecule has 0 fully saturated rings. The van der Waals surface area contributed by atoms with E-state index in [1.807, 2.05) is 6.92 Å². The van der Waals surface area contributed by atoms with Crippen molar-refractivity contribution in [1.29, 1.82) is 0 Å². The van der Waals surface area contributed by atoms with E-state index in [1.54, 1.807) is 18.2 Å². The number of aliphatic hydroxyl groups excluding tert-OH is 1. The van der Waals surface area contributed by atoms with Crippen LogP contribution in [-0.2, 0) is 11.0 Å². The third-order valence-corrected chi connectivity index (χ3v) is 3.92. The topological polar surface area (TPSA) is 49.3 Å². The number of rotatable bonds is 5. The van der Waals surface area contributed by atoms with Gasteiger partial charge in [-0.2, -0.15) is 0 Å². The van der Waals surface area contributed by atoms with Gasteiger partial charge in [-0.1, -0.05) is 36.2 Å². The molecular weight excluding hydrogens is 281 g/mol. The molecule has 1 atom stereocenters. The van der Waals surface area contributed by atoms with Crippen LogP contribution in [-0.4, -0.2) is 15.1 Å². The van der Waals surface area contributed by atoms with Crippen LogP contribution in [0.25, 0.3) is 5.76 Å². The first-order valence-corrected chi connectivity index (χ1v) is 7.11. The third kappa shape index (κ3) is 4.22. The van der Waals surface area contributed by atoms with Crippen LogP contribution in [0.1, 0.15) is 18.9 Å². The lowest BCUT2D eigenvalue weighted by Crippen LogP contribution is -2.13. The van der Waals surface area contributed by atoms with E-state index in [-0.39, 0.29) is 10.8 Å². The van der Waals surface area contributed by atoms with Gasteiger partial charge < -0.3 is 9.83 Å². The lowest BCUT2D eigenvalue weighted by atomic mass is 10.2. The lowest BCUT2D eigenvalue weighted by Gasteiger charge is -2.05. The van der Waals surface area contributed by atoms with Crippen molar-refractivity contribution in [1.82, 2.24) is 4.72 Å². The van der Waals surface area contributed by atoms with E-state index in [4.69, 9.17) is 23.2 Å². The van der Waals surface area contributed by atoms with Gasteiger partial charge in [0, 0.05) is 11.3 Å². The van der Waals surface area contributed by atoms with E-state index in [0.29, 0.717) is 16.3 Å². The SMILES string of the molecule is CCC[S@@](=O)N/C=C(/O)c1cccc(Cl)c1Cl. The summed E-state index contributed by atoms with van der Waals surface area (Å²) in [7, 11) is -1.19. The number of hydrogen-bond acceptors (Lipinski definition) is 2. The van der Waals surface area contributed by atoms with Crippen LogP contribution in [0.5, 0.6) is 0 Å². The Morgan fingerprint density at radius 2 is 2.24 bits per heavy atom. The molecule has 1 rings (SSSR count). The van der Waals surface area contributed by atoms with Crippen LogP contribution < -0.4 is 4.72 Å². The predicted octanol–water partition coefficient (Wildman–Crippen LogP) is 3.51. The molecule has 0 saturated carbocycles. The molecule has 0 heterocycles. The van der Waals surface area contributed by atoms with Crippen LogP contribution in [0.2, 0.25) is 10.0 Å². The van der Waals surface area contributed by atoms with Crippen LogP contribution in [0, 0.1) is 0 Å². The Morgan fingerprint density at radius 1 is 1.53 bits per heavy atom. The van der Waals surface area contributed by atoms with Crippen molar-refractivity contribution < 1.29 is 9.32 Å². The van der Waals surface area contributed by atoms with Gasteiger partial charge in [0.2, 0.25) is 0 Å². The van der Waals surface area contributed by atoms with Crippen LogP contribution >= 0.6 is 23.2 Å². The maximum absolute atomic E-state index is 11.3. The van der Waals surface area contributed by atoms with Gasteiger partial charge in [-0.05, 0) is 18.6 Å². The molecule has 2 N–H and O–H groups in total. The number of hydrogen-bond donors (Lipinski definition) is 2. The fraction of sp³-hybridized carbons (Fsp3) is 0.273. The molecule has 0 radical (unpaired) electrons. The Kier molecular flexibility index (Phi) is 5.82. The Morgan fingerprint density at radius 3 is 2.88 bits per heavy atom. The van der Waals surface area contributed by atoms with Crippen LogP contribution in [0.15, 0.2) is 24.4 Å². The summed E-state index contributed by atoms with van der Waals surface area (Å²) < 4.78 is 13.9. The van der Waals surface area contributed by atoms with Gasteiger partial charge in [0.15, 0.2) is 0 Å². The zero-order chi connectivity index (χ0) is 12.8. The standard InChI is InChI=1S/C11H13Cl2NO2S/c1-2-6-17(16)14-7-10(15)8-4-3-5-9(12)11(8)13/h3-5,7,14-15H,2,6H2,1H3/b10-7+/t17-/m1/s1. The van der Waals surface area contributed by atoms with Gasteiger partial charge in [0.25, 0.3) is 0 Å². The quantitative estimate of drug-likeness (QED) is 0.816. The summed E-state index contributed by atoms with van der Waals surface area (Å²) in [4.78, 5) is 0. The zero-order valence-electron chi connectivity index (χ0n) is 9.24. The van der Waals surface area contributed by atoms with Gasteiger partial charge in [-0.15, -0.1) is 0 Å². The monoisotopic (exact) mass is 293 g/mol. The zero-order valence-corrected chi connectivity index (χ0v) is 11.6. The molecule has 6 heteroatoms. The molecule has 0 aliphatic rings. The summed E-state index contributed by atoms with van der Waals surface area (Å²) in [6, 6.07) is 4.93. The molecule has 17 heavy (non-hydrogen) atoms. The molecule has 0 amide bonds. The first-order valence-electron chi connectivity index (χ1n) is 5.04. The molecular formula is C11H13Cl2NO2S. The van der Waals surface area contributed by atoms with Crippen molar-refractivity contribution in [3.8, 4) is 0 Å². The van der Waals surface area contributed by atoms with Crippen molar-refractivity contribution in [2.24, 2.45) is 0 Å². The van der Waals surface area contributed by atoms with Crippen molar-refractivity contribution >= 4 is 39.9 Å². The summed E-state index contributed by atoms with van der Waals surface area (Å²) in [6.45, 7) is 1.93. The molecule has 1 aromatic carbocycles. The van der Waals surface area contributed by atoms with E-state index >= 15 is 0 Å². The summed E-state index contributed by atoms with van der Waals surface area (Å²) >= 11 is 11.7. The van der Waals surface area contributed by atoms with Gasteiger partial charge in [-0.3, -0.25) is 0 Å². The molecule has 0 saturated heterocycles. The summed E-state index contributed by atoms with van der Waals surface area (Å²) in [5.41, 5.74) is 0.403. The van der Waals surface area contributed by atoms with E-state index < -0.39 is 11.0 Å². The minimum absolute atomic E-state index is 0.0954. The second kappa shape index (κ2) is 6.89. The second-order valence-corrected chi connectivity index (χ2v) is 5.42. The van der Waals surface area contributed by atoms with Crippen molar-refractivity contribution in [2.45, 2.75) is 13.3 Å². The first kappa shape index (κ1) is 14.4. The summed E-state index contributed by atoms with van der Waals surface area (Å²) in [5, 5.41) is 10.4. The molecule has 94 valence electrons. The number of aliphatic hydroxyl groups is 1. The highest BCUT2D eigenvalue weighted by atomic mass is 35.5. The minimum Gasteiger partial charge on any atom is -0.506 e. The molecule has 0 unspecified atom stereocenters. The average molecular weight is 294 g/mol. The molecule has 0 spiro atoms. The van der Waals surface area contributed by atoms with Gasteiger partial charge in [0.1, 0.15) is 16.7 Å². The fourth-order valence-corrected chi connectivity index (χ4v) is 2.27. The summed E-state index contributed by atoms with van der Waals surface area (Å²) in [5.74, 6) is 0.425. The van der Waals surface area contributed by atoms with Crippen molar-refractivity contribution in [3.05, 3.63) is 40.0 Å². The second-order valence-electron chi connectivity index (χ2n) is 3.30. The van der Waals surface area contributed by atoms with E-state index in [0.717, 1.165) is 6.42 Å². The highest BCUT2D eigenvalue weighted by Crippen LogP contribution is 2.29. The van der Waals surface area contributed by atoms with E-state index in [1.165, 1.54) is 6.20 Å². The largest absolute Gasteiger partial charge is 0.506 e. The van der Waals surface area contributed by atoms with Gasteiger partial charge in [-0.25, -0.2) is 4.21 Å². The number of benzene rings is 1. The Hall–Kier alpha value is -0.710. The first-order chi connectivity index (χ1) is 8.06. The molecule has 1 aromatic rings. The number of halogens is 2. The predicted molar refractivity (Wildman–Crippen MR) is 73.5 cm³/mol. The fourth-order valence-electron chi connectivity index (χ4n) is 1.15. The third-order valence-electron chi connectivity index (χ3n) is 1.94. The molecule has 0 aliphatic heterocycles. The van der Waals surface area contributed by atoms with E-state index in [9.17, 15) is 9.32 Å². The molecule has 0 bridgehead atoms. The number of nitrogens with one attached hydrogen (secondary N) is 1. The van der Waals surface area contributed by atoms with E-state index in [2.05, 4.69) is 4.72 Å². The van der Waals surface area contributed by atoms with Crippen molar-refractivity contribution in [3.63, 3.8) is 0 Å². The highest BCUT2D eigenvalue weighted by molar-refractivity contribution is 7.83. The molecule has 0 aliphatic carbocycles. The van der Waals surface area contributed by atoms with Gasteiger partial charge in [0.05, 0.1) is 16.2 Å². The molecule has 0 aromatic heterocycles. The van der Waals surface area contributed by atoms with Crippen molar-refractivity contribution in [2.75, 3.05) is 5.75 Å². The normalized spacial score (nSPS) is 13.5. The maximum Gasteiger partial charge on any atom is 0.140 e. The Bertz CT molecular complexity index is 449. The highest BCUT2D eigenvalue weighted by Gasteiger charge is 2.08. The smallest absolute Gasteiger partial charge is 0.140 e. The van der Waals surface area contributed by atoms with Crippen LogP contribution in [0.4, 0.5) is 0 Å². The van der Waals surface area contributed by atoms with Crippen LogP contribution in [0.3, 0.4) is 0 Å². The van der Waals surface area contributed by atoms with Gasteiger partial charge >= 0.3 is 0 Å². The Labute approximate surface area is 113 Å². The molecule has 3 nitrogen and oxygen atoms in total. The average Bonchev–Trinajstić information content (AvgIpc) is 2.30. The lowest BCUT2D eigenvalue weighted by molar-refractivity contribution is 0.509. The minimum atomic E-state index is -1.19.